The van der Waals surface area contributed by atoms with E-state index in [1.165, 1.54) is 24.2 Å². The van der Waals surface area contributed by atoms with E-state index in [1.54, 1.807) is 13.8 Å². The zero-order valence-electron chi connectivity index (χ0n) is 13.5. The van der Waals surface area contributed by atoms with Gasteiger partial charge in [-0.1, -0.05) is 43.2 Å². The molecule has 120 valence electrons. The van der Waals surface area contributed by atoms with E-state index >= 15 is 0 Å². The monoisotopic (exact) mass is 322 g/mol. The molecule has 0 aliphatic rings. The van der Waals surface area contributed by atoms with Gasteiger partial charge >= 0.3 is 0 Å². The first-order valence-electron chi connectivity index (χ1n) is 7.64. The predicted molar refractivity (Wildman–Crippen MR) is 86.4 cm³/mol. The molecule has 0 unspecified atom stereocenters. The highest BCUT2D eigenvalue weighted by atomic mass is 32.1. The van der Waals surface area contributed by atoms with E-state index in [0.29, 0.717) is 28.1 Å². The van der Waals surface area contributed by atoms with Crippen LogP contribution in [0.4, 0.5) is 5.13 Å². The molecule has 0 radical (unpaired) electrons. The number of rotatable bonds is 7. The summed E-state index contributed by atoms with van der Waals surface area (Å²) in [6, 6.07) is 0. The molecular weight excluding hydrogens is 300 g/mol. The van der Waals surface area contributed by atoms with Gasteiger partial charge in [0.2, 0.25) is 5.13 Å². The van der Waals surface area contributed by atoms with Crippen LogP contribution >= 0.6 is 11.3 Å². The second-order valence-corrected chi connectivity index (χ2v) is 6.36. The maximum absolute atomic E-state index is 12.3. The van der Waals surface area contributed by atoms with E-state index in [4.69, 9.17) is 4.52 Å². The number of carbonyl (C=O) groups is 1. The number of nitrogens with zero attached hydrogens (tertiary/aromatic N) is 3. The maximum atomic E-state index is 12.3. The maximum Gasteiger partial charge on any atom is 0.263 e. The molecule has 1 atom stereocenters. The van der Waals surface area contributed by atoms with E-state index in [0.717, 1.165) is 17.8 Å². The van der Waals surface area contributed by atoms with E-state index in [2.05, 4.69) is 34.5 Å². The highest BCUT2D eigenvalue weighted by molar-refractivity contribution is 7.15. The Labute approximate surface area is 134 Å². The van der Waals surface area contributed by atoms with Gasteiger partial charge in [0.1, 0.15) is 16.3 Å². The molecule has 2 heterocycles. The fourth-order valence-corrected chi connectivity index (χ4v) is 3.33. The van der Waals surface area contributed by atoms with Crippen LogP contribution in [0, 0.1) is 13.8 Å². The molecule has 0 bridgehead atoms. The summed E-state index contributed by atoms with van der Waals surface area (Å²) in [5.41, 5.74) is 1.05. The number of carbonyl (C=O) groups excluding carboxylic acids is 1. The third-order valence-electron chi connectivity index (χ3n) is 3.67. The molecule has 0 saturated heterocycles. The zero-order chi connectivity index (χ0) is 16.1. The lowest BCUT2D eigenvalue weighted by Crippen LogP contribution is -2.13. The van der Waals surface area contributed by atoms with Crippen LogP contribution in [0.15, 0.2) is 4.52 Å². The highest BCUT2D eigenvalue weighted by Crippen LogP contribution is 2.30. The Morgan fingerprint density at radius 3 is 2.68 bits per heavy atom. The first-order valence-corrected chi connectivity index (χ1v) is 8.46. The van der Waals surface area contributed by atoms with Crippen molar-refractivity contribution in [3.63, 3.8) is 0 Å². The van der Waals surface area contributed by atoms with E-state index in [1.807, 2.05) is 0 Å². The summed E-state index contributed by atoms with van der Waals surface area (Å²) in [6.45, 7) is 7.80. The third-order valence-corrected chi connectivity index (χ3v) is 4.67. The lowest BCUT2D eigenvalue weighted by atomic mass is 10.0. The summed E-state index contributed by atoms with van der Waals surface area (Å²) in [6.07, 6.45) is 4.50. The van der Waals surface area contributed by atoms with Crippen molar-refractivity contribution in [2.45, 2.75) is 59.3 Å². The van der Waals surface area contributed by atoms with Crippen LogP contribution in [0.1, 0.15) is 72.3 Å². The average Bonchev–Trinajstić information content (AvgIpc) is 3.07. The van der Waals surface area contributed by atoms with Crippen molar-refractivity contribution in [2.75, 3.05) is 5.32 Å². The lowest BCUT2D eigenvalue weighted by molar-refractivity contribution is 0.102. The smallest absolute Gasteiger partial charge is 0.263 e. The molecule has 2 aromatic heterocycles. The van der Waals surface area contributed by atoms with Gasteiger partial charge in [-0.25, -0.2) is 0 Å². The normalized spacial score (nSPS) is 12.4. The van der Waals surface area contributed by atoms with Gasteiger partial charge in [0, 0.05) is 5.92 Å². The lowest BCUT2D eigenvalue weighted by Gasteiger charge is -2.09. The number of aromatic nitrogens is 3. The van der Waals surface area contributed by atoms with Gasteiger partial charge < -0.3 is 4.52 Å². The van der Waals surface area contributed by atoms with Crippen molar-refractivity contribution in [3.05, 3.63) is 22.0 Å². The van der Waals surface area contributed by atoms with Crippen LogP contribution in [-0.4, -0.2) is 21.3 Å². The van der Waals surface area contributed by atoms with E-state index in [9.17, 15) is 4.79 Å². The van der Waals surface area contributed by atoms with E-state index < -0.39 is 0 Å². The number of anilines is 1. The van der Waals surface area contributed by atoms with Crippen molar-refractivity contribution in [2.24, 2.45) is 0 Å². The van der Waals surface area contributed by atoms with Crippen LogP contribution in [0.5, 0.6) is 0 Å². The van der Waals surface area contributed by atoms with Crippen molar-refractivity contribution in [1.29, 1.82) is 0 Å². The molecule has 0 aliphatic heterocycles. The van der Waals surface area contributed by atoms with Crippen molar-refractivity contribution in [3.8, 4) is 0 Å². The van der Waals surface area contributed by atoms with Crippen LogP contribution in [-0.2, 0) is 0 Å². The molecule has 1 N–H and O–H groups in total. The summed E-state index contributed by atoms with van der Waals surface area (Å²) in [7, 11) is 0. The van der Waals surface area contributed by atoms with Crippen LogP contribution < -0.4 is 5.32 Å². The minimum atomic E-state index is -0.249. The molecular formula is C15H22N4O2S. The Balaban J connectivity index is 2.07. The highest BCUT2D eigenvalue weighted by Gasteiger charge is 2.20. The van der Waals surface area contributed by atoms with Crippen LogP contribution in [0.2, 0.25) is 0 Å². The summed E-state index contributed by atoms with van der Waals surface area (Å²) >= 11 is 1.45. The number of amides is 1. The van der Waals surface area contributed by atoms with Gasteiger partial charge in [-0.3, -0.25) is 10.1 Å². The summed E-state index contributed by atoms with van der Waals surface area (Å²) in [5, 5.41) is 16.4. The number of aryl methyl sites for hydroxylation is 2. The fraction of sp³-hybridized carbons (Fsp3) is 0.600. The topological polar surface area (TPSA) is 80.9 Å². The number of nitrogens with one attached hydrogen (secondary N) is 1. The third kappa shape index (κ3) is 3.71. The van der Waals surface area contributed by atoms with Gasteiger partial charge in [0.05, 0.1) is 5.69 Å². The Hall–Kier alpha value is -1.76. The van der Waals surface area contributed by atoms with Gasteiger partial charge in [0.25, 0.3) is 5.91 Å². The number of unbranched alkanes of at least 4 members (excludes halogenated alkanes) is 1. The Morgan fingerprint density at radius 2 is 2.09 bits per heavy atom. The molecule has 7 heteroatoms. The molecule has 0 aromatic carbocycles. The largest absolute Gasteiger partial charge is 0.361 e. The SMILES string of the molecule is CCCC[C@H](CC)c1nnc(NC(=O)c2c(C)noc2C)s1. The number of hydrogen-bond donors (Lipinski definition) is 1. The second kappa shape index (κ2) is 7.49. The molecule has 0 spiro atoms. The van der Waals surface area contributed by atoms with Crippen LogP contribution in [0.3, 0.4) is 0 Å². The van der Waals surface area contributed by atoms with Crippen molar-refractivity contribution in [1.82, 2.24) is 15.4 Å². The van der Waals surface area contributed by atoms with Gasteiger partial charge in [-0.2, -0.15) is 0 Å². The Morgan fingerprint density at radius 1 is 1.32 bits per heavy atom. The summed E-state index contributed by atoms with van der Waals surface area (Å²) in [4.78, 5) is 12.3. The summed E-state index contributed by atoms with van der Waals surface area (Å²) < 4.78 is 5.02. The Kier molecular flexibility index (Phi) is 5.65. The number of hydrogen-bond acceptors (Lipinski definition) is 6. The molecule has 0 fully saturated rings. The summed E-state index contributed by atoms with van der Waals surface area (Å²) in [5.74, 6) is 0.678. The molecule has 0 saturated carbocycles. The fourth-order valence-electron chi connectivity index (χ4n) is 2.37. The minimum Gasteiger partial charge on any atom is -0.361 e. The van der Waals surface area contributed by atoms with Crippen LogP contribution in [0.25, 0.3) is 0 Å². The quantitative estimate of drug-likeness (QED) is 0.830. The predicted octanol–water partition coefficient (Wildman–Crippen LogP) is 4.08. The van der Waals surface area contributed by atoms with Gasteiger partial charge in [0.15, 0.2) is 0 Å². The minimum absolute atomic E-state index is 0.249. The van der Waals surface area contributed by atoms with E-state index in [-0.39, 0.29) is 5.91 Å². The molecule has 0 aliphatic carbocycles. The van der Waals surface area contributed by atoms with Gasteiger partial charge in [-0.15, -0.1) is 10.2 Å². The van der Waals surface area contributed by atoms with Crippen molar-refractivity contribution >= 4 is 22.4 Å². The second-order valence-electron chi connectivity index (χ2n) is 5.35. The first-order chi connectivity index (χ1) is 10.6. The molecule has 2 aromatic rings. The Bertz CT molecular complexity index is 616. The van der Waals surface area contributed by atoms with Gasteiger partial charge in [-0.05, 0) is 26.7 Å². The molecule has 6 nitrogen and oxygen atoms in total. The zero-order valence-corrected chi connectivity index (χ0v) is 14.3. The molecule has 22 heavy (non-hydrogen) atoms. The standard InChI is InChI=1S/C15H22N4O2S/c1-5-7-8-11(6-2)14-17-18-15(22-14)16-13(20)12-9(3)19-21-10(12)4/h11H,5-8H2,1-4H3,(H,16,18,20)/t11-/m0/s1. The first kappa shape index (κ1) is 16.6. The molecule has 1 amide bonds. The molecule has 2 rings (SSSR count). The average molecular weight is 322 g/mol. The van der Waals surface area contributed by atoms with Crippen molar-refractivity contribution < 1.29 is 9.32 Å².